The van der Waals surface area contributed by atoms with Gasteiger partial charge in [-0.3, -0.25) is 4.79 Å². The van der Waals surface area contributed by atoms with Gasteiger partial charge in [0.15, 0.2) is 0 Å². The van der Waals surface area contributed by atoms with Crippen molar-refractivity contribution < 1.29 is 13.2 Å². The van der Waals surface area contributed by atoms with Crippen molar-refractivity contribution in [2.45, 2.75) is 38.6 Å². The molecule has 2 N–H and O–H groups in total. The van der Waals surface area contributed by atoms with Gasteiger partial charge in [0.1, 0.15) is 0 Å². The third-order valence-corrected chi connectivity index (χ3v) is 5.61. The molecule has 6 nitrogen and oxygen atoms in total. The third kappa shape index (κ3) is 6.05. The zero-order valence-corrected chi connectivity index (χ0v) is 16.3. The number of halogens is 1. The summed E-state index contributed by atoms with van der Waals surface area (Å²) in [4.78, 5) is 12.3. The number of carbonyl (C=O) groups excluding carboxylic acids is 1. The highest BCUT2D eigenvalue weighted by molar-refractivity contribution is 7.89. The maximum absolute atomic E-state index is 12.5. The number of benzene rings is 1. The lowest BCUT2D eigenvalue weighted by Crippen LogP contribution is -2.38. The Kier molecular flexibility index (Phi) is 10.1. The number of hydrogen-bond donors (Lipinski definition) is 2. The van der Waals surface area contributed by atoms with Gasteiger partial charge < -0.3 is 10.6 Å². The van der Waals surface area contributed by atoms with Crippen LogP contribution in [0.3, 0.4) is 0 Å². The predicted octanol–water partition coefficient (Wildman–Crippen LogP) is 1.87. The summed E-state index contributed by atoms with van der Waals surface area (Å²) in [5, 5.41) is 6.01. The maximum atomic E-state index is 12.5. The van der Waals surface area contributed by atoms with E-state index in [1.54, 1.807) is 26.0 Å². The van der Waals surface area contributed by atoms with Gasteiger partial charge in [-0.05, 0) is 31.7 Å². The van der Waals surface area contributed by atoms with Crippen molar-refractivity contribution in [1.29, 1.82) is 0 Å². The maximum Gasteiger partial charge on any atom is 0.251 e. The van der Waals surface area contributed by atoms with Gasteiger partial charge in [0, 0.05) is 31.2 Å². The second-order valence-corrected chi connectivity index (χ2v) is 7.22. The van der Waals surface area contributed by atoms with Crippen molar-refractivity contribution in [1.82, 2.24) is 14.9 Å². The minimum atomic E-state index is -3.56. The minimum absolute atomic E-state index is 0. The van der Waals surface area contributed by atoms with E-state index in [2.05, 4.69) is 10.6 Å². The van der Waals surface area contributed by atoms with Gasteiger partial charge in [-0.2, -0.15) is 4.31 Å². The number of hydrogen-bond acceptors (Lipinski definition) is 4. The molecule has 0 saturated heterocycles. The molecule has 0 aromatic heterocycles. The van der Waals surface area contributed by atoms with E-state index >= 15 is 0 Å². The van der Waals surface area contributed by atoms with Gasteiger partial charge in [0.05, 0.1) is 4.90 Å². The van der Waals surface area contributed by atoms with Gasteiger partial charge >= 0.3 is 0 Å². The summed E-state index contributed by atoms with van der Waals surface area (Å²) in [5.74, 6) is -0.272. The fourth-order valence-electron chi connectivity index (χ4n) is 2.28. The van der Waals surface area contributed by atoms with Crippen LogP contribution in [0.1, 0.15) is 38.1 Å². The quantitative estimate of drug-likeness (QED) is 0.688. The van der Waals surface area contributed by atoms with Gasteiger partial charge in [0.25, 0.3) is 5.91 Å². The molecule has 1 aromatic carbocycles. The monoisotopic (exact) mass is 377 g/mol. The van der Waals surface area contributed by atoms with E-state index in [4.69, 9.17) is 0 Å². The predicted molar refractivity (Wildman–Crippen MR) is 99.3 cm³/mol. The van der Waals surface area contributed by atoms with Crippen molar-refractivity contribution in [3.63, 3.8) is 0 Å². The summed E-state index contributed by atoms with van der Waals surface area (Å²) in [6.45, 7) is 9.67. The molecule has 0 aliphatic rings. The molecular formula is C16H28ClN3O3S. The molecule has 0 unspecified atom stereocenters. The first-order chi connectivity index (χ1) is 10.9. The second kappa shape index (κ2) is 10.7. The van der Waals surface area contributed by atoms with Crippen molar-refractivity contribution in [3.05, 3.63) is 29.8 Å². The lowest BCUT2D eigenvalue weighted by Gasteiger charge is -2.19. The molecule has 0 fully saturated rings. The van der Waals surface area contributed by atoms with Crippen LogP contribution in [0.15, 0.2) is 29.2 Å². The van der Waals surface area contributed by atoms with Crippen LogP contribution in [0.2, 0.25) is 0 Å². The molecule has 24 heavy (non-hydrogen) atoms. The van der Waals surface area contributed by atoms with Crippen LogP contribution >= 0.6 is 12.4 Å². The van der Waals surface area contributed by atoms with Gasteiger partial charge in [0.2, 0.25) is 10.0 Å². The van der Waals surface area contributed by atoms with Crippen LogP contribution in [0.4, 0.5) is 0 Å². The molecular weight excluding hydrogens is 350 g/mol. The Labute approximate surface area is 151 Å². The van der Waals surface area contributed by atoms with Crippen LogP contribution in [0.5, 0.6) is 0 Å². The zero-order chi connectivity index (χ0) is 17.5. The van der Waals surface area contributed by atoms with Gasteiger partial charge in [-0.25, -0.2) is 8.42 Å². The summed E-state index contributed by atoms with van der Waals surface area (Å²) >= 11 is 0. The Hall–Kier alpha value is -1.15. The highest BCUT2D eigenvalue weighted by Gasteiger charge is 2.22. The highest BCUT2D eigenvalue weighted by atomic mass is 35.5. The van der Waals surface area contributed by atoms with Crippen molar-refractivity contribution >= 4 is 28.3 Å². The summed E-state index contributed by atoms with van der Waals surface area (Å²) in [6.07, 6.45) is 0. The van der Waals surface area contributed by atoms with Gasteiger partial charge in [-0.15, -0.1) is 12.4 Å². The number of sulfonamides is 1. The smallest absolute Gasteiger partial charge is 0.251 e. The zero-order valence-electron chi connectivity index (χ0n) is 14.7. The van der Waals surface area contributed by atoms with E-state index in [-0.39, 0.29) is 29.3 Å². The molecule has 138 valence electrons. The first-order valence-corrected chi connectivity index (χ1v) is 9.42. The first kappa shape index (κ1) is 22.9. The van der Waals surface area contributed by atoms with Crippen LogP contribution in [-0.2, 0) is 10.0 Å². The highest BCUT2D eigenvalue weighted by Crippen LogP contribution is 2.16. The molecule has 0 spiro atoms. The second-order valence-electron chi connectivity index (χ2n) is 5.29. The molecule has 0 saturated carbocycles. The normalized spacial score (nSPS) is 12.5. The summed E-state index contributed by atoms with van der Waals surface area (Å²) < 4.78 is 26.4. The molecule has 0 bridgehead atoms. The Morgan fingerprint density at radius 1 is 1.21 bits per heavy atom. The average molecular weight is 378 g/mol. The molecule has 0 heterocycles. The lowest BCUT2D eigenvalue weighted by atomic mass is 10.2. The third-order valence-electron chi connectivity index (χ3n) is 3.56. The minimum Gasteiger partial charge on any atom is -0.350 e. The van der Waals surface area contributed by atoms with E-state index in [0.29, 0.717) is 25.2 Å². The van der Waals surface area contributed by atoms with Crippen LogP contribution in [0, 0.1) is 0 Å². The number of nitrogens with one attached hydrogen (secondary N) is 2. The van der Waals surface area contributed by atoms with E-state index in [1.165, 1.54) is 16.4 Å². The molecule has 1 aromatic rings. The van der Waals surface area contributed by atoms with Crippen molar-refractivity contribution in [2.75, 3.05) is 26.2 Å². The average Bonchev–Trinajstić information content (AvgIpc) is 2.54. The molecule has 0 aliphatic carbocycles. The first-order valence-electron chi connectivity index (χ1n) is 7.98. The topological polar surface area (TPSA) is 78.5 Å². The summed E-state index contributed by atoms with van der Waals surface area (Å²) in [6, 6.07) is 6.33. The fraction of sp³-hybridized carbons (Fsp3) is 0.562. The number of amides is 1. The molecule has 1 atom stereocenters. The number of rotatable bonds is 9. The Bertz CT molecular complexity index is 619. The van der Waals surface area contributed by atoms with E-state index in [9.17, 15) is 13.2 Å². The number of carbonyl (C=O) groups is 1. The van der Waals surface area contributed by atoms with Crippen molar-refractivity contribution in [3.8, 4) is 0 Å². The molecule has 1 rings (SSSR count). The lowest BCUT2D eigenvalue weighted by molar-refractivity contribution is 0.0950. The van der Waals surface area contributed by atoms with E-state index < -0.39 is 10.0 Å². The molecule has 0 aliphatic heterocycles. The number of likely N-dealkylation sites (N-methyl/N-ethyl adjacent to an activating group) is 1. The summed E-state index contributed by atoms with van der Waals surface area (Å²) in [5.41, 5.74) is 0.349. The van der Waals surface area contributed by atoms with Crippen LogP contribution in [0.25, 0.3) is 0 Å². The Morgan fingerprint density at radius 2 is 1.83 bits per heavy atom. The van der Waals surface area contributed by atoms with Crippen LogP contribution in [-0.4, -0.2) is 50.9 Å². The Balaban J connectivity index is 0.00000529. The van der Waals surface area contributed by atoms with E-state index in [0.717, 1.165) is 6.54 Å². The summed E-state index contributed by atoms with van der Waals surface area (Å²) in [7, 11) is -3.56. The van der Waals surface area contributed by atoms with E-state index in [1.807, 2.05) is 13.8 Å². The van der Waals surface area contributed by atoms with Crippen LogP contribution < -0.4 is 10.6 Å². The SMILES string of the molecule is CCN[C@H](C)CNC(=O)c1cccc(S(=O)(=O)N(CC)CC)c1.Cl. The number of nitrogens with zero attached hydrogens (tertiary/aromatic N) is 1. The van der Waals surface area contributed by atoms with Crippen molar-refractivity contribution in [2.24, 2.45) is 0 Å². The molecule has 0 radical (unpaired) electrons. The molecule has 8 heteroatoms. The molecule has 1 amide bonds. The van der Waals surface area contributed by atoms with Gasteiger partial charge in [-0.1, -0.05) is 26.8 Å². The standard InChI is InChI=1S/C16H27N3O3S.ClH/c1-5-17-13(4)12-18-16(20)14-9-8-10-15(11-14)23(21,22)19(6-2)7-3;/h8-11,13,17H,5-7,12H2,1-4H3,(H,18,20);1H/t13-;/m1./s1. The fourth-order valence-corrected chi connectivity index (χ4v) is 3.78. The largest absolute Gasteiger partial charge is 0.350 e. The Morgan fingerprint density at radius 3 is 2.38 bits per heavy atom.